The average Bonchev–Trinajstić information content (AvgIpc) is 2.74. The number of para-hydroxylation sites is 1. The van der Waals surface area contributed by atoms with Crippen molar-refractivity contribution in [3.63, 3.8) is 0 Å². The number of carbonyl (C=O) groups is 3. The van der Waals surface area contributed by atoms with Gasteiger partial charge >= 0.3 is 0 Å². The SMILES string of the molecule is COc1ccccc1C(=O)NC(CCSC)C(=O)N1CCC(CNC(C)=O)CC1. The maximum Gasteiger partial charge on any atom is 0.255 e. The minimum Gasteiger partial charge on any atom is -0.496 e. The minimum absolute atomic E-state index is 0.0281. The van der Waals surface area contributed by atoms with Crippen LogP contribution in [0.5, 0.6) is 5.75 Å². The summed E-state index contributed by atoms with van der Waals surface area (Å²) >= 11 is 1.65. The van der Waals surface area contributed by atoms with E-state index in [-0.39, 0.29) is 17.7 Å². The molecule has 2 N–H and O–H groups in total. The van der Waals surface area contributed by atoms with Crippen LogP contribution >= 0.6 is 11.8 Å². The van der Waals surface area contributed by atoms with Crippen LogP contribution in [0, 0.1) is 5.92 Å². The molecular formula is C21H31N3O4S. The predicted octanol–water partition coefficient (Wildman–Crippen LogP) is 1.92. The molecule has 0 aliphatic carbocycles. The van der Waals surface area contributed by atoms with E-state index in [2.05, 4.69) is 10.6 Å². The van der Waals surface area contributed by atoms with Gasteiger partial charge in [0.1, 0.15) is 11.8 Å². The zero-order valence-corrected chi connectivity index (χ0v) is 18.2. The summed E-state index contributed by atoms with van der Waals surface area (Å²) in [6.45, 7) is 3.45. The molecule has 0 radical (unpaired) electrons. The van der Waals surface area contributed by atoms with Crippen molar-refractivity contribution in [1.29, 1.82) is 0 Å². The number of carbonyl (C=O) groups excluding carboxylic acids is 3. The summed E-state index contributed by atoms with van der Waals surface area (Å²) in [4.78, 5) is 38.8. The highest BCUT2D eigenvalue weighted by Gasteiger charge is 2.29. The summed E-state index contributed by atoms with van der Waals surface area (Å²) in [5.41, 5.74) is 0.422. The molecule has 1 aromatic rings. The fraction of sp³-hybridized carbons (Fsp3) is 0.571. The molecule has 0 saturated carbocycles. The highest BCUT2D eigenvalue weighted by Crippen LogP contribution is 2.20. The van der Waals surface area contributed by atoms with Gasteiger partial charge in [-0.15, -0.1) is 0 Å². The maximum absolute atomic E-state index is 13.1. The fourth-order valence-corrected chi connectivity index (χ4v) is 3.90. The van der Waals surface area contributed by atoms with Gasteiger partial charge in [-0.3, -0.25) is 14.4 Å². The molecule has 0 aromatic heterocycles. The number of rotatable bonds is 9. The Bertz CT molecular complexity index is 705. The number of hydrogen-bond donors (Lipinski definition) is 2. The lowest BCUT2D eigenvalue weighted by Gasteiger charge is -2.34. The molecule has 1 unspecified atom stereocenters. The van der Waals surface area contributed by atoms with Crippen molar-refractivity contribution in [2.24, 2.45) is 5.92 Å². The normalized spacial score (nSPS) is 15.5. The number of benzene rings is 1. The Morgan fingerprint density at radius 2 is 1.93 bits per heavy atom. The molecule has 0 bridgehead atoms. The molecular weight excluding hydrogens is 390 g/mol. The zero-order valence-electron chi connectivity index (χ0n) is 17.4. The van der Waals surface area contributed by atoms with Crippen LogP contribution in [-0.2, 0) is 9.59 Å². The molecule has 1 saturated heterocycles. The van der Waals surface area contributed by atoms with Crippen LogP contribution in [0.3, 0.4) is 0 Å². The molecule has 1 aliphatic rings. The van der Waals surface area contributed by atoms with E-state index in [4.69, 9.17) is 4.74 Å². The highest BCUT2D eigenvalue weighted by atomic mass is 32.2. The molecule has 7 nitrogen and oxygen atoms in total. The zero-order chi connectivity index (χ0) is 21.2. The number of methoxy groups -OCH3 is 1. The van der Waals surface area contributed by atoms with E-state index in [1.807, 2.05) is 11.2 Å². The van der Waals surface area contributed by atoms with Gasteiger partial charge in [0.25, 0.3) is 5.91 Å². The van der Waals surface area contributed by atoms with Crippen molar-refractivity contribution in [3.05, 3.63) is 29.8 Å². The molecule has 1 atom stereocenters. The number of piperidine rings is 1. The van der Waals surface area contributed by atoms with Crippen molar-refractivity contribution >= 4 is 29.5 Å². The van der Waals surface area contributed by atoms with Gasteiger partial charge in [-0.25, -0.2) is 0 Å². The number of thioether (sulfide) groups is 1. The van der Waals surface area contributed by atoms with E-state index in [9.17, 15) is 14.4 Å². The van der Waals surface area contributed by atoms with Crippen LogP contribution in [0.2, 0.25) is 0 Å². The Kier molecular flexibility index (Phi) is 9.31. The van der Waals surface area contributed by atoms with E-state index >= 15 is 0 Å². The van der Waals surface area contributed by atoms with Crippen molar-refractivity contribution < 1.29 is 19.1 Å². The van der Waals surface area contributed by atoms with E-state index in [1.165, 1.54) is 14.0 Å². The topological polar surface area (TPSA) is 87.7 Å². The molecule has 160 valence electrons. The largest absolute Gasteiger partial charge is 0.496 e. The molecule has 1 fully saturated rings. The Balaban J connectivity index is 1.99. The molecule has 1 aromatic carbocycles. The van der Waals surface area contributed by atoms with Crippen molar-refractivity contribution in [2.45, 2.75) is 32.2 Å². The molecule has 29 heavy (non-hydrogen) atoms. The van der Waals surface area contributed by atoms with Gasteiger partial charge in [0.2, 0.25) is 11.8 Å². The third kappa shape index (κ3) is 6.96. The van der Waals surface area contributed by atoms with Crippen LogP contribution < -0.4 is 15.4 Å². The van der Waals surface area contributed by atoms with Gasteiger partial charge in [0.05, 0.1) is 12.7 Å². The lowest BCUT2D eigenvalue weighted by atomic mass is 9.96. The van der Waals surface area contributed by atoms with Gasteiger partial charge in [0, 0.05) is 26.6 Å². The van der Waals surface area contributed by atoms with Crippen LogP contribution in [-0.4, -0.2) is 67.4 Å². The minimum atomic E-state index is -0.563. The second-order valence-electron chi connectivity index (χ2n) is 7.21. The summed E-state index contributed by atoms with van der Waals surface area (Å²) < 4.78 is 5.27. The first-order chi connectivity index (χ1) is 14.0. The third-order valence-electron chi connectivity index (χ3n) is 5.13. The van der Waals surface area contributed by atoms with E-state index in [0.29, 0.717) is 43.3 Å². The number of amides is 3. The first-order valence-corrected chi connectivity index (χ1v) is 11.3. The highest BCUT2D eigenvalue weighted by molar-refractivity contribution is 7.98. The Hall–Kier alpha value is -2.22. The second-order valence-corrected chi connectivity index (χ2v) is 8.20. The number of ether oxygens (including phenoxy) is 1. The van der Waals surface area contributed by atoms with Crippen LogP contribution in [0.4, 0.5) is 0 Å². The van der Waals surface area contributed by atoms with Gasteiger partial charge in [-0.05, 0) is 49.3 Å². The first kappa shape index (κ1) is 23.1. The summed E-state index contributed by atoms with van der Waals surface area (Å²) in [5.74, 6) is 1.28. The van der Waals surface area contributed by atoms with Crippen molar-refractivity contribution in [3.8, 4) is 5.75 Å². The number of nitrogens with one attached hydrogen (secondary N) is 2. The fourth-order valence-electron chi connectivity index (χ4n) is 3.43. The lowest BCUT2D eigenvalue weighted by Crippen LogP contribution is -2.51. The summed E-state index contributed by atoms with van der Waals surface area (Å²) in [5, 5.41) is 5.76. The van der Waals surface area contributed by atoms with Gasteiger partial charge in [-0.1, -0.05) is 12.1 Å². The standard InChI is InChI=1S/C21H31N3O4S/c1-15(25)22-14-16-8-11-24(12-9-16)21(27)18(10-13-29-3)23-20(26)17-6-4-5-7-19(17)28-2/h4-7,16,18H,8-14H2,1-3H3,(H,22,25)(H,23,26). The molecule has 1 heterocycles. The number of nitrogens with zero attached hydrogens (tertiary/aromatic N) is 1. The van der Waals surface area contributed by atoms with Gasteiger partial charge < -0.3 is 20.3 Å². The molecule has 1 aliphatic heterocycles. The molecule has 2 rings (SSSR count). The van der Waals surface area contributed by atoms with Crippen LogP contribution in [0.1, 0.15) is 36.5 Å². The third-order valence-corrected chi connectivity index (χ3v) is 5.78. The second kappa shape index (κ2) is 11.7. The smallest absolute Gasteiger partial charge is 0.255 e. The van der Waals surface area contributed by atoms with Crippen molar-refractivity contribution in [1.82, 2.24) is 15.5 Å². The Morgan fingerprint density at radius 3 is 2.55 bits per heavy atom. The predicted molar refractivity (Wildman–Crippen MR) is 115 cm³/mol. The molecule has 3 amide bonds. The Morgan fingerprint density at radius 1 is 1.24 bits per heavy atom. The van der Waals surface area contributed by atoms with E-state index < -0.39 is 6.04 Å². The quantitative estimate of drug-likeness (QED) is 0.636. The monoisotopic (exact) mass is 421 g/mol. The number of likely N-dealkylation sites (tertiary alicyclic amines) is 1. The summed E-state index contributed by atoms with van der Waals surface area (Å²) in [7, 11) is 1.52. The lowest BCUT2D eigenvalue weighted by molar-refractivity contribution is -0.134. The number of hydrogen-bond acceptors (Lipinski definition) is 5. The van der Waals surface area contributed by atoms with Crippen molar-refractivity contribution in [2.75, 3.05) is 38.8 Å². The maximum atomic E-state index is 13.1. The Labute approximate surface area is 176 Å². The van der Waals surface area contributed by atoms with Gasteiger partial charge in [0.15, 0.2) is 0 Å². The first-order valence-electron chi connectivity index (χ1n) is 9.92. The van der Waals surface area contributed by atoms with Crippen LogP contribution in [0.15, 0.2) is 24.3 Å². The molecule has 8 heteroatoms. The summed E-state index contributed by atoms with van der Waals surface area (Å²) in [6, 6.07) is 6.44. The average molecular weight is 422 g/mol. The van der Waals surface area contributed by atoms with E-state index in [0.717, 1.165) is 18.6 Å². The van der Waals surface area contributed by atoms with E-state index in [1.54, 1.807) is 36.0 Å². The molecule has 0 spiro atoms. The van der Waals surface area contributed by atoms with Gasteiger partial charge in [-0.2, -0.15) is 11.8 Å². The summed E-state index contributed by atoms with van der Waals surface area (Å²) in [6.07, 6.45) is 4.26. The van der Waals surface area contributed by atoms with Crippen LogP contribution in [0.25, 0.3) is 0 Å².